The third-order valence-electron chi connectivity index (χ3n) is 2.41. The molecule has 0 saturated carbocycles. The highest BCUT2D eigenvalue weighted by Gasteiger charge is 2.10. The first-order chi connectivity index (χ1) is 6.77. The molecule has 0 radical (unpaired) electrons. The van der Waals surface area contributed by atoms with Gasteiger partial charge in [-0.25, -0.2) is 0 Å². The quantitative estimate of drug-likeness (QED) is 0.754. The molecule has 14 heavy (non-hydrogen) atoms. The number of halogens is 1. The number of carbonyl (C=O) groups is 1. The Morgan fingerprint density at radius 3 is 2.93 bits per heavy atom. The monoisotopic (exact) mass is 207 g/mol. The number of fused-ring (bicyclic) bond motifs is 1. The molecule has 1 N–H and O–H groups in total. The van der Waals surface area contributed by atoms with Gasteiger partial charge in [0.2, 0.25) is 0 Å². The second kappa shape index (κ2) is 3.46. The minimum Gasteiger partial charge on any atom is -0.345 e. The van der Waals surface area contributed by atoms with Crippen LogP contribution in [0, 0.1) is 0 Å². The highest BCUT2D eigenvalue weighted by molar-refractivity contribution is 6.34. The fourth-order valence-corrected chi connectivity index (χ4v) is 1.92. The second-order valence-corrected chi connectivity index (χ2v) is 3.54. The molecule has 0 aliphatic heterocycles. The standard InChI is InChI=1S/C11H10ClNO/c1-2-7-4-3-5-8-9(6-14)11(12)13-10(7)8/h3-6,13H,2H2,1H3. The summed E-state index contributed by atoms with van der Waals surface area (Å²) in [6.45, 7) is 2.07. The zero-order chi connectivity index (χ0) is 10.1. The number of benzene rings is 1. The van der Waals surface area contributed by atoms with Crippen molar-refractivity contribution in [2.75, 3.05) is 0 Å². The van der Waals surface area contributed by atoms with Gasteiger partial charge in [-0.2, -0.15) is 0 Å². The van der Waals surface area contributed by atoms with Crippen molar-refractivity contribution >= 4 is 28.8 Å². The van der Waals surface area contributed by atoms with Gasteiger partial charge in [0.25, 0.3) is 0 Å². The molecule has 1 heterocycles. The fraction of sp³-hybridized carbons (Fsp3) is 0.182. The Morgan fingerprint density at radius 2 is 2.29 bits per heavy atom. The van der Waals surface area contributed by atoms with Crippen molar-refractivity contribution in [3.63, 3.8) is 0 Å². The summed E-state index contributed by atoms with van der Waals surface area (Å²) in [5, 5.41) is 1.33. The number of hydrogen-bond acceptors (Lipinski definition) is 1. The molecule has 1 aromatic carbocycles. The van der Waals surface area contributed by atoms with Gasteiger partial charge < -0.3 is 4.98 Å². The summed E-state index contributed by atoms with van der Waals surface area (Å²) < 4.78 is 0. The van der Waals surface area contributed by atoms with Gasteiger partial charge in [0.1, 0.15) is 5.15 Å². The number of aromatic nitrogens is 1. The van der Waals surface area contributed by atoms with Crippen LogP contribution in [0.25, 0.3) is 10.9 Å². The van der Waals surface area contributed by atoms with E-state index in [4.69, 9.17) is 11.6 Å². The second-order valence-electron chi connectivity index (χ2n) is 3.16. The number of rotatable bonds is 2. The van der Waals surface area contributed by atoms with Crippen molar-refractivity contribution in [1.29, 1.82) is 0 Å². The molecule has 2 nitrogen and oxygen atoms in total. The lowest BCUT2D eigenvalue weighted by atomic mass is 10.1. The van der Waals surface area contributed by atoms with Crippen LogP contribution in [-0.2, 0) is 6.42 Å². The van der Waals surface area contributed by atoms with Crippen LogP contribution in [-0.4, -0.2) is 11.3 Å². The lowest BCUT2D eigenvalue weighted by Gasteiger charge is -1.97. The molecule has 0 fully saturated rings. The molecule has 72 valence electrons. The maximum absolute atomic E-state index is 10.8. The molecule has 0 aliphatic carbocycles. The Balaban J connectivity index is 2.85. The van der Waals surface area contributed by atoms with Crippen molar-refractivity contribution in [2.24, 2.45) is 0 Å². The van der Waals surface area contributed by atoms with Gasteiger partial charge in [0.05, 0.1) is 11.1 Å². The minimum absolute atomic E-state index is 0.427. The van der Waals surface area contributed by atoms with Crippen LogP contribution in [0.2, 0.25) is 5.15 Å². The number of para-hydroxylation sites is 1. The number of aldehydes is 1. The van der Waals surface area contributed by atoms with Gasteiger partial charge in [-0.15, -0.1) is 0 Å². The molecule has 0 saturated heterocycles. The topological polar surface area (TPSA) is 32.9 Å². The predicted molar refractivity (Wildman–Crippen MR) is 58.1 cm³/mol. The Morgan fingerprint density at radius 1 is 1.50 bits per heavy atom. The molecule has 0 aliphatic rings. The summed E-state index contributed by atoms with van der Waals surface area (Å²) in [6, 6.07) is 5.88. The van der Waals surface area contributed by atoms with Crippen LogP contribution in [0.4, 0.5) is 0 Å². The lowest BCUT2D eigenvalue weighted by molar-refractivity contribution is 0.112. The van der Waals surface area contributed by atoms with Crippen LogP contribution in [0.15, 0.2) is 18.2 Å². The van der Waals surface area contributed by atoms with E-state index in [2.05, 4.69) is 11.9 Å². The zero-order valence-corrected chi connectivity index (χ0v) is 8.56. The van der Waals surface area contributed by atoms with E-state index in [-0.39, 0.29) is 0 Å². The van der Waals surface area contributed by atoms with E-state index in [9.17, 15) is 4.79 Å². The molecule has 2 aromatic rings. The predicted octanol–water partition coefficient (Wildman–Crippen LogP) is 3.20. The van der Waals surface area contributed by atoms with Crippen LogP contribution >= 0.6 is 11.6 Å². The van der Waals surface area contributed by atoms with Gasteiger partial charge >= 0.3 is 0 Å². The summed E-state index contributed by atoms with van der Waals surface area (Å²) in [5.74, 6) is 0. The van der Waals surface area contributed by atoms with Crippen LogP contribution in [0.5, 0.6) is 0 Å². The third kappa shape index (κ3) is 1.23. The first-order valence-electron chi connectivity index (χ1n) is 4.52. The highest BCUT2D eigenvalue weighted by Crippen LogP contribution is 2.27. The van der Waals surface area contributed by atoms with E-state index < -0.39 is 0 Å². The van der Waals surface area contributed by atoms with Gasteiger partial charge in [0.15, 0.2) is 6.29 Å². The Bertz CT molecular complexity index is 487. The van der Waals surface area contributed by atoms with Crippen molar-refractivity contribution in [3.8, 4) is 0 Å². The van der Waals surface area contributed by atoms with Crippen LogP contribution in [0.3, 0.4) is 0 Å². The molecule has 0 bridgehead atoms. The maximum Gasteiger partial charge on any atom is 0.153 e. The molecule has 0 unspecified atom stereocenters. The molecular weight excluding hydrogens is 198 g/mol. The Labute approximate surface area is 86.9 Å². The number of nitrogens with one attached hydrogen (secondary N) is 1. The smallest absolute Gasteiger partial charge is 0.153 e. The molecule has 3 heteroatoms. The Hall–Kier alpha value is -1.28. The third-order valence-corrected chi connectivity index (χ3v) is 2.71. The fourth-order valence-electron chi connectivity index (χ4n) is 1.68. The molecular formula is C11H10ClNO. The summed E-state index contributed by atoms with van der Waals surface area (Å²) in [5.41, 5.74) is 2.71. The van der Waals surface area contributed by atoms with Gasteiger partial charge in [0, 0.05) is 5.39 Å². The maximum atomic E-state index is 10.8. The first kappa shape index (κ1) is 9.28. The Kier molecular flexibility index (Phi) is 2.30. The van der Waals surface area contributed by atoms with E-state index in [1.165, 1.54) is 5.56 Å². The van der Waals surface area contributed by atoms with Crippen molar-refractivity contribution in [2.45, 2.75) is 13.3 Å². The van der Waals surface area contributed by atoms with Gasteiger partial charge in [-0.1, -0.05) is 36.7 Å². The van der Waals surface area contributed by atoms with Crippen molar-refractivity contribution in [1.82, 2.24) is 4.98 Å². The number of H-pyrrole nitrogens is 1. The first-order valence-corrected chi connectivity index (χ1v) is 4.90. The summed E-state index contributed by atoms with van der Waals surface area (Å²) in [4.78, 5) is 13.8. The molecule has 0 atom stereocenters. The molecule has 0 amide bonds. The number of aryl methyl sites for hydroxylation is 1. The summed E-state index contributed by atoms with van der Waals surface area (Å²) in [7, 11) is 0. The molecule has 2 rings (SSSR count). The number of aromatic amines is 1. The van der Waals surface area contributed by atoms with Crippen molar-refractivity contribution in [3.05, 3.63) is 34.5 Å². The summed E-state index contributed by atoms with van der Waals surface area (Å²) in [6.07, 6.45) is 1.72. The average molecular weight is 208 g/mol. The van der Waals surface area contributed by atoms with E-state index in [0.717, 1.165) is 23.6 Å². The van der Waals surface area contributed by atoms with Crippen LogP contribution in [0.1, 0.15) is 22.8 Å². The number of carbonyl (C=O) groups excluding carboxylic acids is 1. The van der Waals surface area contributed by atoms with E-state index >= 15 is 0 Å². The normalized spacial score (nSPS) is 10.7. The minimum atomic E-state index is 0.427. The van der Waals surface area contributed by atoms with Gasteiger partial charge in [-0.3, -0.25) is 4.79 Å². The molecule has 0 spiro atoms. The van der Waals surface area contributed by atoms with Crippen molar-refractivity contribution < 1.29 is 4.79 Å². The zero-order valence-electron chi connectivity index (χ0n) is 7.80. The van der Waals surface area contributed by atoms with E-state index in [1.54, 1.807) is 0 Å². The summed E-state index contributed by atoms with van der Waals surface area (Å²) >= 11 is 5.91. The highest BCUT2D eigenvalue weighted by atomic mass is 35.5. The average Bonchev–Trinajstić information content (AvgIpc) is 2.52. The van der Waals surface area contributed by atoms with E-state index in [1.807, 2.05) is 18.2 Å². The number of hydrogen-bond donors (Lipinski definition) is 1. The van der Waals surface area contributed by atoms with Crippen LogP contribution < -0.4 is 0 Å². The largest absolute Gasteiger partial charge is 0.345 e. The van der Waals surface area contributed by atoms with Gasteiger partial charge in [-0.05, 0) is 12.0 Å². The van der Waals surface area contributed by atoms with E-state index in [0.29, 0.717) is 10.7 Å². The SMILES string of the molecule is CCc1cccc2c(C=O)c(Cl)[nH]c12. The molecule has 1 aromatic heterocycles. The lowest BCUT2D eigenvalue weighted by Crippen LogP contribution is -1.82.